The molecule has 0 fully saturated rings. The summed E-state index contributed by atoms with van der Waals surface area (Å²) in [5.41, 5.74) is -3.00. The van der Waals surface area contributed by atoms with E-state index in [0.717, 1.165) is 7.11 Å². The van der Waals surface area contributed by atoms with Crippen LogP contribution < -0.4 is 0 Å². The second-order valence-electron chi connectivity index (χ2n) is 1.35. The fourth-order valence-corrected chi connectivity index (χ4v) is 0.554. The van der Waals surface area contributed by atoms with Crippen LogP contribution in [0.25, 0.3) is 0 Å². The van der Waals surface area contributed by atoms with Crippen molar-refractivity contribution in [3.8, 4) is 0 Å². The van der Waals surface area contributed by atoms with Gasteiger partial charge in [0.15, 0.2) is 0 Å². The van der Waals surface area contributed by atoms with Crippen LogP contribution in [0.3, 0.4) is 0 Å². The average molecular weight is 172 g/mol. The Hall–Kier alpha value is -0.690. The van der Waals surface area contributed by atoms with Gasteiger partial charge in [0.1, 0.15) is 0 Å². The molecule has 0 aromatic heterocycles. The number of methoxy groups -OCH3 is 1. The smallest absolute Gasteiger partial charge is 0.359 e. The quantitative estimate of drug-likeness (QED) is 0.442. The number of hydrogen-bond donors (Lipinski definition) is 1. The van der Waals surface area contributed by atoms with Gasteiger partial charge in [0.05, 0.1) is 7.11 Å². The van der Waals surface area contributed by atoms with Crippen molar-refractivity contribution < 1.29 is 26.9 Å². The lowest BCUT2D eigenvalue weighted by molar-refractivity contribution is -0.143. The summed E-state index contributed by atoms with van der Waals surface area (Å²) in [6, 6.07) is 0. The van der Waals surface area contributed by atoms with Crippen molar-refractivity contribution in [2.45, 2.75) is 5.50 Å². The van der Waals surface area contributed by atoms with E-state index in [1.165, 1.54) is 0 Å². The normalized spacial score (nSPS) is 14.3. The maximum absolute atomic E-state index is 12.0. The van der Waals surface area contributed by atoms with Crippen LogP contribution in [0.1, 0.15) is 0 Å². The van der Waals surface area contributed by atoms with E-state index in [1.807, 2.05) is 0 Å². The summed E-state index contributed by atoms with van der Waals surface area (Å²) in [5, 5.41) is 0. The van der Waals surface area contributed by atoms with Crippen molar-refractivity contribution in [1.82, 2.24) is 0 Å². The third-order valence-electron chi connectivity index (χ3n) is 0.648. The minimum atomic E-state index is -4.96. The molecule has 0 saturated carbocycles. The monoisotopic (exact) mass is 172 g/mol. The number of hydrogen-bond acceptors (Lipinski definition) is 4. The second-order valence-corrected chi connectivity index (χ2v) is 2.80. The number of carbonyl (C=O) groups excluding carboxylic acids is 1. The maximum atomic E-state index is 12.0. The lowest BCUT2D eigenvalue weighted by Crippen LogP contribution is -2.26. The molecule has 0 rings (SSSR count). The van der Waals surface area contributed by atoms with Crippen LogP contribution in [0.2, 0.25) is 0 Å². The van der Waals surface area contributed by atoms with Crippen LogP contribution in [-0.2, 0) is 19.6 Å². The van der Waals surface area contributed by atoms with Gasteiger partial charge in [-0.3, -0.25) is 4.55 Å². The zero-order chi connectivity index (χ0) is 8.36. The summed E-state index contributed by atoms with van der Waals surface area (Å²) in [7, 11) is -4.15. The van der Waals surface area contributed by atoms with Crippen LogP contribution in [0.5, 0.6) is 0 Å². The highest BCUT2D eigenvalue weighted by Gasteiger charge is 2.31. The molecule has 1 N–H and O–H groups in total. The van der Waals surface area contributed by atoms with Gasteiger partial charge in [-0.15, -0.1) is 0 Å². The fraction of sp³-hybridized carbons (Fsp3) is 0.667. The Kier molecular flexibility index (Phi) is 2.73. The first-order chi connectivity index (χ1) is 4.39. The summed E-state index contributed by atoms with van der Waals surface area (Å²) in [6.07, 6.45) is 0. The summed E-state index contributed by atoms with van der Waals surface area (Å²) in [4.78, 5) is 10.0. The molecule has 0 aliphatic carbocycles. The molecule has 0 aromatic carbocycles. The Balaban J connectivity index is 4.39. The first-order valence-electron chi connectivity index (χ1n) is 2.07. The average Bonchev–Trinajstić information content (AvgIpc) is 1.83. The number of ether oxygens (including phenoxy) is 1. The van der Waals surface area contributed by atoms with E-state index < -0.39 is 21.6 Å². The highest BCUT2D eigenvalue weighted by Crippen LogP contribution is 2.01. The number of alkyl halides is 1. The second kappa shape index (κ2) is 2.93. The van der Waals surface area contributed by atoms with E-state index >= 15 is 0 Å². The minimum absolute atomic E-state index is 0.806. The molecular weight excluding hydrogens is 167 g/mol. The molecule has 5 nitrogen and oxygen atoms in total. The molecule has 0 spiro atoms. The largest absolute Gasteiger partial charge is 0.466 e. The van der Waals surface area contributed by atoms with Gasteiger partial charge in [0.25, 0.3) is 0 Å². The molecule has 0 radical (unpaired) electrons. The Morgan fingerprint density at radius 3 is 2.20 bits per heavy atom. The van der Waals surface area contributed by atoms with Gasteiger partial charge in [0.2, 0.25) is 0 Å². The van der Waals surface area contributed by atoms with Gasteiger partial charge >= 0.3 is 21.6 Å². The lowest BCUT2D eigenvalue weighted by atomic mass is 10.8. The van der Waals surface area contributed by atoms with Crippen LogP contribution in [0.4, 0.5) is 4.39 Å². The summed E-state index contributed by atoms with van der Waals surface area (Å²) >= 11 is 0. The fourth-order valence-electron chi connectivity index (χ4n) is 0.214. The van der Waals surface area contributed by atoms with Crippen LogP contribution >= 0.6 is 0 Å². The van der Waals surface area contributed by atoms with E-state index in [2.05, 4.69) is 4.74 Å². The van der Waals surface area contributed by atoms with Crippen LogP contribution in [-0.4, -0.2) is 31.6 Å². The molecule has 7 heteroatoms. The molecule has 0 saturated heterocycles. The molecule has 10 heavy (non-hydrogen) atoms. The first-order valence-corrected chi connectivity index (χ1v) is 3.58. The third kappa shape index (κ3) is 2.28. The Bertz CT molecular complexity index is 219. The van der Waals surface area contributed by atoms with Gasteiger partial charge in [-0.05, 0) is 0 Å². The Labute approximate surface area is 56.5 Å². The molecule has 0 bridgehead atoms. The van der Waals surface area contributed by atoms with E-state index in [9.17, 15) is 17.6 Å². The van der Waals surface area contributed by atoms with Crippen molar-refractivity contribution in [3.05, 3.63) is 0 Å². The SMILES string of the molecule is COC(=O)C(F)S(=O)(=O)O. The Morgan fingerprint density at radius 1 is 1.70 bits per heavy atom. The molecule has 1 atom stereocenters. The first kappa shape index (κ1) is 9.31. The highest BCUT2D eigenvalue weighted by atomic mass is 32.2. The molecule has 0 amide bonds. The number of rotatable bonds is 2. The van der Waals surface area contributed by atoms with Crippen molar-refractivity contribution in [1.29, 1.82) is 0 Å². The predicted molar refractivity (Wildman–Crippen MR) is 28.5 cm³/mol. The minimum Gasteiger partial charge on any atom is -0.466 e. The molecular formula is C3H5FO5S. The van der Waals surface area contributed by atoms with E-state index in [0.29, 0.717) is 0 Å². The molecule has 0 heterocycles. The highest BCUT2D eigenvalue weighted by molar-refractivity contribution is 7.87. The van der Waals surface area contributed by atoms with Gasteiger partial charge < -0.3 is 4.74 Å². The topological polar surface area (TPSA) is 80.7 Å². The van der Waals surface area contributed by atoms with Crippen LogP contribution in [0.15, 0.2) is 0 Å². The summed E-state index contributed by atoms with van der Waals surface area (Å²) in [6.45, 7) is 0. The van der Waals surface area contributed by atoms with E-state index in [4.69, 9.17) is 4.55 Å². The van der Waals surface area contributed by atoms with Crippen LogP contribution in [0, 0.1) is 0 Å². The summed E-state index contributed by atoms with van der Waals surface area (Å²) < 4.78 is 43.2. The number of carbonyl (C=O) groups is 1. The third-order valence-corrected chi connectivity index (χ3v) is 1.36. The standard InChI is InChI=1S/C3H5FO5S/c1-9-3(5)2(4)10(6,7)8/h2H,1H3,(H,6,7,8). The zero-order valence-corrected chi connectivity index (χ0v) is 5.76. The number of halogens is 1. The van der Waals surface area contributed by atoms with Crippen molar-refractivity contribution in [2.75, 3.05) is 7.11 Å². The van der Waals surface area contributed by atoms with Crippen molar-refractivity contribution in [2.24, 2.45) is 0 Å². The van der Waals surface area contributed by atoms with Gasteiger partial charge in [-0.25, -0.2) is 9.18 Å². The molecule has 0 aromatic rings. The van der Waals surface area contributed by atoms with E-state index in [-0.39, 0.29) is 0 Å². The predicted octanol–water partition coefficient (Wildman–Crippen LogP) is -0.657. The summed E-state index contributed by atoms with van der Waals surface area (Å²) in [5.74, 6) is -1.64. The zero-order valence-electron chi connectivity index (χ0n) is 4.94. The van der Waals surface area contributed by atoms with E-state index in [1.54, 1.807) is 0 Å². The van der Waals surface area contributed by atoms with Gasteiger partial charge in [0, 0.05) is 0 Å². The lowest BCUT2D eigenvalue weighted by Gasteiger charge is -1.99. The van der Waals surface area contributed by atoms with Crippen molar-refractivity contribution >= 4 is 16.1 Å². The van der Waals surface area contributed by atoms with Gasteiger partial charge in [-0.1, -0.05) is 0 Å². The molecule has 60 valence electrons. The molecule has 0 aliphatic heterocycles. The molecule has 0 aliphatic rings. The molecule has 1 unspecified atom stereocenters. The Morgan fingerprint density at radius 2 is 2.10 bits per heavy atom. The number of esters is 1. The van der Waals surface area contributed by atoms with Crippen molar-refractivity contribution in [3.63, 3.8) is 0 Å². The van der Waals surface area contributed by atoms with Gasteiger partial charge in [-0.2, -0.15) is 8.42 Å². The maximum Gasteiger partial charge on any atom is 0.359 e.